The third-order valence-corrected chi connectivity index (χ3v) is 5.42. The number of carbonyl (C=O) groups excluding carboxylic acids is 2. The molecule has 0 radical (unpaired) electrons. The van der Waals surface area contributed by atoms with Gasteiger partial charge in [0.15, 0.2) is 0 Å². The Kier molecular flexibility index (Phi) is 8.30. The van der Waals surface area contributed by atoms with Crippen LogP contribution in [0.25, 0.3) is 10.8 Å². The number of nitrogens with one attached hydrogen (secondary N) is 3. The normalized spacial score (nSPS) is 10.5. The summed E-state index contributed by atoms with van der Waals surface area (Å²) in [7, 11) is 0. The van der Waals surface area contributed by atoms with Crippen LogP contribution < -0.4 is 16.1 Å². The van der Waals surface area contributed by atoms with Gasteiger partial charge in [0, 0.05) is 17.8 Å². The van der Waals surface area contributed by atoms with Gasteiger partial charge in [-0.05, 0) is 63.9 Å². The fourth-order valence-corrected chi connectivity index (χ4v) is 3.55. The van der Waals surface area contributed by atoms with E-state index in [1.807, 2.05) is 66.7 Å². The predicted molar refractivity (Wildman–Crippen MR) is 138 cm³/mol. The molecule has 37 heavy (non-hydrogen) atoms. The molecule has 4 rings (SSSR count). The van der Waals surface area contributed by atoms with Crippen molar-refractivity contribution in [3.8, 4) is 0 Å². The van der Waals surface area contributed by atoms with Gasteiger partial charge < -0.3 is 15.2 Å². The summed E-state index contributed by atoms with van der Waals surface area (Å²) in [6.45, 7) is 0.550. The standard InChI is InChI=1S/C28H25N3O6/c32-26(31-37-18-19-4-2-1-3-5-19)22-10-12-25(13-11-22)30-28(35)36-17-21-7-9-23-14-20(16-29-27(33)34)6-8-24(23)15-21/h1-15,29H,16-18H2,(H,30,35)(H,31,32)(H,33,34). The highest BCUT2D eigenvalue weighted by molar-refractivity contribution is 5.94. The van der Waals surface area contributed by atoms with Crippen LogP contribution in [0.15, 0.2) is 91.0 Å². The van der Waals surface area contributed by atoms with Gasteiger partial charge in [-0.1, -0.05) is 54.6 Å². The molecule has 0 fully saturated rings. The Morgan fingerprint density at radius 2 is 1.41 bits per heavy atom. The summed E-state index contributed by atoms with van der Waals surface area (Å²) < 4.78 is 5.32. The first kappa shape index (κ1) is 25.2. The molecule has 9 heteroatoms. The molecule has 0 bridgehead atoms. The molecule has 0 aliphatic heterocycles. The summed E-state index contributed by atoms with van der Waals surface area (Å²) in [5.74, 6) is -0.397. The zero-order valence-electron chi connectivity index (χ0n) is 19.8. The van der Waals surface area contributed by atoms with E-state index < -0.39 is 18.1 Å². The molecule has 0 heterocycles. The molecule has 188 valence electrons. The largest absolute Gasteiger partial charge is 0.465 e. The van der Waals surface area contributed by atoms with Crippen LogP contribution in [0.2, 0.25) is 0 Å². The Bertz CT molecular complexity index is 1390. The van der Waals surface area contributed by atoms with Crippen molar-refractivity contribution >= 4 is 34.6 Å². The molecule has 0 saturated heterocycles. The van der Waals surface area contributed by atoms with Gasteiger partial charge in [0.2, 0.25) is 0 Å². The number of anilines is 1. The molecule has 0 atom stereocenters. The van der Waals surface area contributed by atoms with E-state index in [1.54, 1.807) is 24.3 Å². The second-order valence-corrected chi connectivity index (χ2v) is 8.16. The van der Waals surface area contributed by atoms with Crippen LogP contribution >= 0.6 is 0 Å². The van der Waals surface area contributed by atoms with E-state index in [-0.39, 0.29) is 19.8 Å². The number of benzene rings is 4. The van der Waals surface area contributed by atoms with Crippen LogP contribution in [-0.4, -0.2) is 23.2 Å². The van der Waals surface area contributed by atoms with Crippen LogP contribution in [0.4, 0.5) is 15.3 Å². The Hall–Kier alpha value is -4.89. The molecule has 3 amide bonds. The topological polar surface area (TPSA) is 126 Å². The lowest BCUT2D eigenvalue weighted by Gasteiger charge is -2.10. The molecule has 0 unspecified atom stereocenters. The summed E-state index contributed by atoms with van der Waals surface area (Å²) >= 11 is 0. The molecule has 9 nitrogen and oxygen atoms in total. The quantitative estimate of drug-likeness (QED) is 0.234. The van der Waals surface area contributed by atoms with Crippen molar-refractivity contribution in [2.45, 2.75) is 19.8 Å². The molecule has 4 N–H and O–H groups in total. The number of carbonyl (C=O) groups is 3. The van der Waals surface area contributed by atoms with E-state index >= 15 is 0 Å². The first-order chi connectivity index (χ1) is 18.0. The second-order valence-electron chi connectivity index (χ2n) is 8.16. The number of rotatable bonds is 9. The first-order valence-corrected chi connectivity index (χ1v) is 11.4. The molecule has 4 aromatic carbocycles. The maximum Gasteiger partial charge on any atom is 0.411 e. The molecule has 0 saturated carbocycles. The Morgan fingerprint density at radius 3 is 2.11 bits per heavy atom. The Morgan fingerprint density at radius 1 is 0.730 bits per heavy atom. The average Bonchev–Trinajstić information content (AvgIpc) is 2.91. The van der Waals surface area contributed by atoms with Crippen LogP contribution in [0.5, 0.6) is 0 Å². The summed E-state index contributed by atoms with van der Waals surface area (Å²) in [6, 6.07) is 27.1. The first-order valence-electron chi connectivity index (χ1n) is 11.4. The summed E-state index contributed by atoms with van der Waals surface area (Å²) in [5, 5.41) is 15.6. The monoisotopic (exact) mass is 499 g/mol. The van der Waals surface area contributed by atoms with Crippen molar-refractivity contribution in [1.82, 2.24) is 10.8 Å². The summed E-state index contributed by atoms with van der Waals surface area (Å²) in [4.78, 5) is 40.4. The SMILES string of the molecule is O=C(O)NCc1ccc2cc(COC(=O)Nc3ccc(C(=O)NOCc4ccccc4)cc3)ccc2c1. The summed E-state index contributed by atoms with van der Waals surface area (Å²) in [6.07, 6.45) is -1.70. The minimum Gasteiger partial charge on any atom is -0.465 e. The maximum atomic E-state index is 12.2. The second kappa shape index (κ2) is 12.2. The molecule has 0 aliphatic rings. The number of hydrogen-bond donors (Lipinski definition) is 4. The van der Waals surface area contributed by atoms with E-state index in [2.05, 4.69) is 16.1 Å². The van der Waals surface area contributed by atoms with E-state index in [1.165, 1.54) is 0 Å². The molecule has 0 aliphatic carbocycles. The lowest BCUT2D eigenvalue weighted by molar-refractivity contribution is 0.0233. The molecule has 0 aromatic heterocycles. The van der Waals surface area contributed by atoms with E-state index in [0.29, 0.717) is 11.3 Å². The molecular formula is C28H25N3O6. The van der Waals surface area contributed by atoms with Gasteiger partial charge in [-0.2, -0.15) is 0 Å². The highest BCUT2D eigenvalue weighted by Gasteiger charge is 2.09. The predicted octanol–water partition coefficient (Wildman–Crippen LogP) is 5.22. The lowest BCUT2D eigenvalue weighted by Crippen LogP contribution is -2.23. The highest BCUT2D eigenvalue weighted by Crippen LogP contribution is 2.19. The van der Waals surface area contributed by atoms with Crippen molar-refractivity contribution in [1.29, 1.82) is 0 Å². The van der Waals surface area contributed by atoms with Crippen LogP contribution in [-0.2, 0) is 29.3 Å². The zero-order valence-corrected chi connectivity index (χ0v) is 19.8. The van der Waals surface area contributed by atoms with Crippen molar-refractivity contribution in [3.63, 3.8) is 0 Å². The van der Waals surface area contributed by atoms with Crippen molar-refractivity contribution < 1.29 is 29.1 Å². The number of hydrogen-bond acceptors (Lipinski definition) is 5. The molecule has 4 aromatic rings. The van der Waals surface area contributed by atoms with Gasteiger partial charge >= 0.3 is 12.2 Å². The van der Waals surface area contributed by atoms with Crippen molar-refractivity contribution in [2.75, 3.05) is 5.32 Å². The van der Waals surface area contributed by atoms with Gasteiger partial charge in [0.1, 0.15) is 6.61 Å². The van der Waals surface area contributed by atoms with Gasteiger partial charge in [-0.3, -0.25) is 14.9 Å². The number of amides is 3. The highest BCUT2D eigenvalue weighted by atomic mass is 16.6. The van der Waals surface area contributed by atoms with Crippen molar-refractivity contribution in [2.24, 2.45) is 0 Å². The third-order valence-electron chi connectivity index (χ3n) is 5.42. The minimum absolute atomic E-state index is 0.0728. The average molecular weight is 500 g/mol. The number of hydroxylamine groups is 1. The van der Waals surface area contributed by atoms with Crippen LogP contribution in [0.3, 0.4) is 0 Å². The van der Waals surface area contributed by atoms with E-state index in [9.17, 15) is 14.4 Å². The van der Waals surface area contributed by atoms with Gasteiger partial charge in [0.25, 0.3) is 5.91 Å². The molecular weight excluding hydrogens is 474 g/mol. The third kappa shape index (κ3) is 7.55. The number of fused-ring (bicyclic) bond motifs is 1. The zero-order chi connectivity index (χ0) is 26.0. The van der Waals surface area contributed by atoms with Gasteiger partial charge in [-0.15, -0.1) is 0 Å². The fourth-order valence-electron chi connectivity index (χ4n) is 3.55. The number of ether oxygens (including phenoxy) is 1. The van der Waals surface area contributed by atoms with Gasteiger partial charge in [0.05, 0.1) is 6.61 Å². The van der Waals surface area contributed by atoms with Crippen molar-refractivity contribution in [3.05, 3.63) is 113 Å². The minimum atomic E-state index is -1.07. The lowest BCUT2D eigenvalue weighted by atomic mass is 10.0. The Balaban J connectivity index is 1.24. The fraction of sp³-hybridized carbons (Fsp3) is 0.107. The Labute approximate surface area is 213 Å². The smallest absolute Gasteiger partial charge is 0.411 e. The summed E-state index contributed by atoms with van der Waals surface area (Å²) in [5.41, 5.74) is 5.84. The van der Waals surface area contributed by atoms with E-state index in [0.717, 1.165) is 27.5 Å². The van der Waals surface area contributed by atoms with Crippen LogP contribution in [0, 0.1) is 0 Å². The number of carboxylic acid groups (broad SMARTS) is 1. The maximum absolute atomic E-state index is 12.2. The van der Waals surface area contributed by atoms with E-state index in [4.69, 9.17) is 14.7 Å². The van der Waals surface area contributed by atoms with Crippen LogP contribution in [0.1, 0.15) is 27.0 Å². The molecule has 0 spiro atoms. The van der Waals surface area contributed by atoms with Gasteiger partial charge in [-0.25, -0.2) is 15.1 Å².